The smallest absolute Gasteiger partial charge is 0.134 e. The minimum atomic E-state index is -0.627. The number of hydrogen-bond donors (Lipinski definition) is 0. The van der Waals surface area contributed by atoms with Gasteiger partial charge < -0.3 is 4.74 Å². The normalized spacial score (nSPS) is 12.5. The van der Waals surface area contributed by atoms with Crippen molar-refractivity contribution in [2.75, 3.05) is 7.11 Å². The van der Waals surface area contributed by atoms with Gasteiger partial charge >= 0.3 is 0 Å². The van der Waals surface area contributed by atoms with Gasteiger partial charge in [-0.3, -0.25) is 0 Å². The van der Waals surface area contributed by atoms with Gasteiger partial charge in [0.05, 0.1) is 15.7 Å². The zero-order valence-corrected chi connectivity index (χ0v) is 13.2. The largest absolute Gasteiger partial charge is 0.497 e. The lowest BCUT2D eigenvalue weighted by molar-refractivity contribution is 0.405. The van der Waals surface area contributed by atoms with Crippen molar-refractivity contribution in [3.05, 3.63) is 50.1 Å². The van der Waals surface area contributed by atoms with Gasteiger partial charge in [0.2, 0.25) is 0 Å². The van der Waals surface area contributed by atoms with Crippen LogP contribution in [-0.2, 0) is 0 Å². The van der Waals surface area contributed by atoms with Crippen LogP contribution in [-0.4, -0.2) is 7.11 Å². The standard InChI is InChI=1S/C12H8Br2F2OS/c1-17-6-4-7(15)11(8(16)5-6)12(14)9-2-3-10(13)18-9/h2-5,12H,1H3. The molecule has 1 aromatic heterocycles. The van der Waals surface area contributed by atoms with Crippen molar-refractivity contribution in [1.82, 2.24) is 0 Å². The first-order valence-electron chi connectivity index (χ1n) is 4.95. The lowest BCUT2D eigenvalue weighted by Crippen LogP contribution is -2.00. The lowest BCUT2D eigenvalue weighted by atomic mass is 10.1. The van der Waals surface area contributed by atoms with Crippen molar-refractivity contribution in [3.8, 4) is 5.75 Å². The number of hydrogen-bond acceptors (Lipinski definition) is 2. The first kappa shape index (κ1) is 14.0. The molecule has 18 heavy (non-hydrogen) atoms. The van der Waals surface area contributed by atoms with Crippen LogP contribution >= 0.6 is 43.2 Å². The van der Waals surface area contributed by atoms with Crippen molar-refractivity contribution >= 4 is 43.2 Å². The molecule has 0 saturated carbocycles. The van der Waals surface area contributed by atoms with E-state index in [0.29, 0.717) is 0 Å². The summed E-state index contributed by atoms with van der Waals surface area (Å²) in [5.41, 5.74) is -0.00912. The molecule has 96 valence electrons. The Kier molecular flexibility index (Phi) is 4.40. The molecule has 1 unspecified atom stereocenters. The van der Waals surface area contributed by atoms with E-state index >= 15 is 0 Å². The maximum Gasteiger partial charge on any atom is 0.134 e. The number of rotatable bonds is 3. The van der Waals surface area contributed by atoms with Crippen LogP contribution in [0.5, 0.6) is 5.75 Å². The van der Waals surface area contributed by atoms with Crippen LogP contribution < -0.4 is 4.74 Å². The molecule has 2 aromatic rings. The van der Waals surface area contributed by atoms with Gasteiger partial charge in [-0.2, -0.15) is 0 Å². The summed E-state index contributed by atoms with van der Waals surface area (Å²) in [6.45, 7) is 0. The molecule has 6 heteroatoms. The molecule has 0 radical (unpaired) electrons. The molecule has 0 bridgehead atoms. The summed E-state index contributed by atoms with van der Waals surface area (Å²) < 4.78 is 33.5. The Morgan fingerprint density at radius 3 is 2.28 bits per heavy atom. The summed E-state index contributed by atoms with van der Waals surface area (Å²) in [6, 6.07) is 6.01. The average Bonchev–Trinajstić information content (AvgIpc) is 2.74. The number of ether oxygens (including phenoxy) is 1. The van der Waals surface area contributed by atoms with E-state index in [9.17, 15) is 8.78 Å². The number of halogens is 4. The van der Waals surface area contributed by atoms with E-state index < -0.39 is 16.5 Å². The molecule has 0 aliphatic carbocycles. The van der Waals surface area contributed by atoms with Crippen LogP contribution in [0.15, 0.2) is 28.1 Å². The minimum Gasteiger partial charge on any atom is -0.497 e. The van der Waals surface area contributed by atoms with Crippen molar-refractivity contribution in [2.24, 2.45) is 0 Å². The second kappa shape index (κ2) is 5.67. The lowest BCUT2D eigenvalue weighted by Gasteiger charge is -2.12. The molecule has 0 saturated heterocycles. The molecule has 2 rings (SSSR count). The van der Waals surface area contributed by atoms with Crippen LogP contribution in [0.25, 0.3) is 0 Å². The van der Waals surface area contributed by atoms with E-state index in [1.807, 2.05) is 12.1 Å². The fourth-order valence-corrected chi connectivity index (χ4v) is 3.81. The van der Waals surface area contributed by atoms with Crippen LogP contribution in [0.4, 0.5) is 8.78 Å². The highest BCUT2D eigenvalue weighted by Gasteiger charge is 2.22. The Balaban J connectivity index is 2.44. The van der Waals surface area contributed by atoms with Crippen LogP contribution in [0, 0.1) is 11.6 Å². The third kappa shape index (κ3) is 2.75. The monoisotopic (exact) mass is 396 g/mol. The topological polar surface area (TPSA) is 9.23 Å². The summed E-state index contributed by atoms with van der Waals surface area (Å²) in [5, 5.41) is 0. The summed E-state index contributed by atoms with van der Waals surface area (Å²) in [6.07, 6.45) is 0. The maximum atomic E-state index is 13.9. The highest BCUT2D eigenvalue weighted by molar-refractivity contribution is 9.11. The molecule has 0 amide bonds. The highest BCUT2D eigenvalue weighted by atomic mass is 79.9. The summed E-state index contributed by atoms with van der Waals surface area (Å²) >= 11 is 8.07. The van der Waals surface area contributed by atoms with Crippen molar-refractivity contribution in [3.63, 3.8) is 0 Å². The molecule has 1 heterocycles. The van der Waals surface area contributed by atoms with Gasteiger partial charge in [0.1, 0.15) is 17.4 Å². The van der Waals surface area contributed by atoms with E-state index in [4.69, 9.17) is 4.74 Å². The summed E-state index contributed by atoms with van der Waals surface area (Å²) in [5.74, 6) is -1.09. The van der Waals surface area contributed by atoms with Gasteiger partial charge in [0.25, 0.3) is 0 Å². The fraction of sp³-hybridized carbons (Fsp3) is 0.167. The predicted octanol–water partition coefficient (Wildman–Crippen LogP) is 5.28. The van der Waals surface area contributed by atoms with Crippen LogP contribution in [0.1, 0.15) is 15.3 Å². The van der Waals surface area contributed by atoms with E-state index in [1.165, 1.54) is 30.6 Å². The highest BCUT2D eigenvalue weighted by Crippen LogP contribution is 2.40. The van der Waals surface area contributed by atoms with E-state index in [1.54, 1.807) is 0 Å². The average molecular weight is 398 g/mol. The molecular formula is C12H8Br2F2OS. The maximum absolute atomic E-state index is 13.9. The number of alkyl halides is 1. The van der Waals surface area contributed by atoms with Gasteiger partial charge in [0, 0.05) is 22.6 Å². The molecule has 1 nitrogen and oxygen atoms in total. The summed E-state index contributed by atoms with van der Waals surface area (Å²) in [4.78, 5) is 0.310. The number of benzene rings is 1. The number of methoxy groups -OCH3 is 1. The van der Waals surface area contributed by atoms with Crippen molar-refractivity contribution in [2.45, 2.75) is 4.83 Å². The SMILES string of the molecule is COc1cc(F)c(C(Br)c2ccc(Br)s2)c(F)c1. The third-order valence-corrected chi connectivity index (χ3v) is 5.33. The molecule has 1 atom stereocenters. The van der Waals surface area contributed by atoms with E-state index in [2.05, 4.69) is 31.9 Å². The Hall–Kier alpha value is -0.460. The Bertz CT molecular complexity index is 548. The third-order valence-electron chi connectivity index (χ3n) is 2.39. The van der Waals surface area contributed by atoms with Crippen molar-refractivity contribution in [1.29, 1.82) is 0 Å². The second-order valence-electron chi connectivity index (χ2n) is 3.51. The van der Waals surface area contributed by atoms with E-state index in [-0.39, 0.29) is 11.3 Å². The first-order valence-corrected chi connectivity index (χ1v) is 7.47. The first-order chi connectivity index (χ1) is 8.52. The van der Waals surface area contributed by atoms with Crippen molar-refractivity contribution < 1.29 is 13.5 Å². The summed E-state index contributed by atoms with van der Waals surface area (Å²) in [7, 11) is 1.37. The molecule has 0 aliphatic rings. The molecule has 0 N–H and O–H groups in total. The Morgan fingerprint density at radius 1 is 1.22 bits per heavy atom. The Labute approximate surface area is 124 Å². The van der Waals surface area contributed by atoms with E-state index in [0.717, 1.165) is 8.66 Å². The van der Waals surface area contributed by atoms with Crippen LogP contribution in [0.3, 0.4) is 0 Å². The van der Waals surface area contributed by atoms with Gasteiger partial charge in [-0.1, -0.05) is 15.9 Å². The van der Waals surface area contributed by atoms with Crippen LogP contribution in [0.2, 0.25) is 0 Å². The molecule has 0 aliphatic heterocycles. The minimum absolute atomic E-state index is 0.00912. The quantitative estimate of drug-likeness (QED) is 0.640. The molecule has 1 aromatic carbocycles. The fourth-order valence-electron chi connectivity index (χ4n) is 1.53. The predicted molar refractivity (Wildman–Crippen MR) is 75.7 cm³/mol. The van der Waals surface area contributed by atoms with Gasteiger partial charge in [-0.15, -0.1) is 11.3 Å². The molecule has 0 fully saturated rings. The molecular weight excluding hydrogens is 390 g/mol. The van der Waals surface area contributed by atoms with Gasteiger partial charge in [-0.25, -0.2) is 8.78 Å². The number of thiophene rings is 1. The molecule has 0 spiro atoms. The zero-order valence-electron chi connectivity index (χ0n) is 9.22. The van der Waals surface area contributed by atoms with Gasteiger partial charge in [0.15, 0.2) is 0 Å². The van der Waals surface area contributed by atoms with Gasteiger partial charge in [-0.05, 0) is 28.1 Å². The second-order valence-corrected chi connectivity index (χ2v) is 6.92. The Morgan fingerprint density at radius 2 is 1.83 bits per heavy atom. The zero-order chi connectivity index (χ0) is 13.3.